The third kappa shape index (κ3) is 6.47. The Morgan fingerprint density at radius 2 is 1.57 bits per heavy atom. The second kappa shape index (κ2) is 11.7. The number of aryl methyl sites for hydroxylation is 2. The molecule has 2 aromatic carbocycles. The molecule has 1 N–H and O–H groups in total. The molecule has 204 valence electrons. The molecule has 0 aliphatic carbocycles. The molecule has 3 rings (SSSR count). The maximum absolute atomic E-state index is 10.8. The second-order valence-electron chi connectivity index (χ2n) is 11.2. The Balaban J connectivity index is 1.88. The van der Waals surface area contributed by atoms with E-state index in [1.165, 1.54) is 22.3 Å². The van der Waals surface area contributed by atoms with Crippen molar-refractivity contribution in [1.29, 1.82) is 0 Å². The first kappa shape index (κ1) is 29.4. The van der Waals surface area contributed by atoms with Crippen LogP contribution in [0.2, 0.25) is 0 Å². The highest BCUT2D eigenvalue weighted by Crippen LogP contribution is 2.41. The van der Waals surface area contributed by atoms with E-state index in [1.807, 2.05) is 33.8 Å². The smallest absolute Gasteiger partial charge is 0.163 e. The van der Waals surface area contributed by atoms with Gasteiger partial charge in [0.1, 0.15) is 18.5 Å². The minimum absolute atomic E-state index is 0.0518. The van der Waals surface area contributed by atoms with Gasteiger partial charge in [0.2, 0.25) is 0 Å². The van der Waals surface area contributed by atoms with Gasteiger partial charge in [-0.1, -0.05) is 58.0 Å². The molecule has 2 aromatic rings. The van der Waals surface area contributed by atoms with Crippen LogP contribution >= 0.6 is 0 Å². The maximum Gasteiger partial charge on any atom is 0.163 e. The number of aliphatic hydroxyl groups is 1. The first-order chi connectivity index (χ1) is 17.4. The topological polar surface area (TPSA) is 47.9 Å². The van der Waals surface area contributed by atoms with Crippen LogP contribution in [0, 0.1) is 13.8 Å². The number of rotatable bonds is 11. The molecule has 4 heteroatoms. The fourth-order valence-corrected chi connectivity index (χ4v) is 5.71. The van der Waals surface area contributed by atoms with Crippen molar-refractivity contribution in [2.45, 2.75) is 111 Å². The van der Waals surface area contributed by atoms with E-state index in [4.69, 9.17) is 14.2 Å². The average Bonchev–Trinajstić information content (AvgIpc) is 3.22. The van der Waals surface area contributed by atoms with Gasteiger partial charge in [0.05, 0.1) is 12.2 Å². The minimum Gasteiger partial charge on any atom is -0.491 e. The maximum atomic E-state index is 10.8. The molecule has 0 radical (unpaired) electrons. The van der Waals surface area contributed by atoms with Crippen LogP contribution in [0.3, 0.4) is 0 Å². The van der Waals surface area contributed by atoms with Gasteiger partial charge in [-0.15, -0.1) is 0 Å². The normalized spacial score (nSPS) is 18.3. The van der Waals surface area contributed by atoms with Crippen LogP contribution in [-0.4, -0.2) is 35.8 Å². The Morgan fingerprint density at radius 1 is 0.973 bits per heavy atom. The molecule has 1 atom stereocenters. The fourth-order valence-electron chi connectivity index (χ4n) is 5.71. The van der Waals surface area contributed by atoms with Crippen LogP contribution in [0.25, 0.3) is 5.57 Å². The number of ether oxygens (including phenoxy) is 3. The van der Waals surface area contributed by atoms with E-state index in [-0.39, 0.29) is 11.5 Å². The lowest BCUT2D eigenvalue weighted by molar-refractivity contribution is -0.141. The lowest BCUT2D eigenvalue weighted by atomic mass is 9.69. The summed E-state index contributed by atoms with van der Waals surface area (Å²) in [5.41, 5.74) is 6.52. The van der Waals surface area contributed by atoms with Crippen molar-refractivity contribution >= 4 is 5.57 Å². The van der Waals surface area contributed by atoms with Gasteiger partial charge in [-0.2, -0.15) is 0 Å². The SMILES string of the molecule is CCC(O)(C=C(C)c1ccc(C(CC)(CC)c2ccc(OC[C@@H]3COC(C)(C)O3)c(C)c2)cc1C)CC. The zero-order chi connectivity index (χ0) is 27.4. The summed E-state index contributed by atoms with van der Waals surface area (Å²) in [6.45, 7) is 19.9. The summed E-state index contributed by atoms with van der Waals surface area (Å²) < 4.78 is 17.7. The van der Waals surface area contributed by atoms with Crippen molar-refractivity contribution in [3.05, 3.63) is 70.3 Å². The molecule has 1 aliphatic heterocycles. The van der Waals surface area contributed by atoms with Gasteiger partial charge in [0.25, 0.3) is 0 Å². The zero-order valence-corrected chi connectivity index (χ0v) is 24.5. The van der Waals surface area contributed by atoms with Crippen LogP contribution in [0.15, 0.2) is 42.5 Å². The largest absolute Gasteiger partial charge is 0.491 e. The second-order valence-corrected chi connectivity index (χ2v) is 11.2. The third-order valence-electron chi connectivity index (χ3n) is 8.34. The Kier molecular flexibility index (Phi) is 9.32. The summed E-state index contributed by atoms with van der Waals surface area (Å²) in [7, 11) is 0. The molecule has 0 unspecified atom stereocenters. The predicted octanol–water partition coefficient (Wildman–Crippen LogP) is 7.89. The van der Waals surface area contributed by atoms with Crippen LogP contribution < -0.4 is 4.74 Å². The fraction of sp³-hybridized carbons (Fsp3) is 0.576. The van der Waals surface area contributed by atoms with Gasteiger partial charge in [-0.25, -0.2) is 0 Å². The Labute approximate surface area is 225 Å². The van der Waals surface area contributed by atoms with Gasteiger partial charge >= 0.3 is 0 Å². The minimum atomic E-state index is -0.750. The molecular formula is C33H48O4. The number of hydrogen-bond acceptors (Lipinski definition) is 4. The lowest BCUT2D eigenvalue weighted by Gasteiger charge is -2.34. The van der Waals surface area contributed by atoms with E-state index < -0.39 is 11.4 Å². The van der Waals surface area contributed by atoms with Crippen molar-refractivity contribution < 1.29 is 19.3 Å². The number of hydrogen-bond donors (Lipinski definition) is 1. The molecule has 0 saturated carbocycles. The van der Waals surface area contributed by atoms with Gasteiger partial charge < -0.3 is 19.3 Å². The average molecular weight is 509 g/mol. The van der Waals surface area contributed by atoms with Gasteiger partial charge in [0.15, 0.2) is 5.79 Å². The van der Waals surface area contributed by atoms with Crippen molar-refractivity contribution in [3.8, 4) is 5.75 Å². The molecule has 1 heterocycles. The third-order valence-corrected chi connectivity index (χ3v) is 8.34. The highest BCUT2D eigenvalue weighted by Gasteiger charge is 2.34. The molecule has 0 spiro atoms. The molecule has 0 aromatic heterocycles. The predicted molar refractivity (Wildman–Crippen MR) is 153 cm³/mol. The molecule has 4 nitrogen and oxygen atoms in total. The molecule has 1 aliphatic rings. The van der Waals surface area contributed by atoms with Crippen molar-refractivity contribution in [2.24, 2.45) is 0 Å². The van der Waals surface area contributed by atoms with E-state index in [2.05, 4.69) is 71.0 Å². The standard InChI is InChI=1S/C33H48O4/c1-10-32(34,11-2)20-25(7)29-16-14-26(18-23(29)5)33(12-3,13-4)27-15-17-30(24(6)19-27)35-21-28-22-36-31(8,9)37-28/h14-20,28,34H,10-13,21-22H2,1-9H3/t28-/m1/s1. The van der Waals surface area contributed by atoms with Gasteiger partial charge in [-0.3, -0.25) is 0 Å². The van der Waals surface area contributed by atoms with Gasteiger partial charge in [-0.05, 0) is 106 Å². The van der Waals surface area contributed by atoms with Crippen LogP contribution in [-0.2, 0) is 14.9 Å². The van der Waals surface area contributed by atoms with E-state index in [9.17, 15) is 5.11 Å². The Morgan fingerprint density at radius 3 is 2.05 bits per heavy atom. The lowest BCUT2D eigenvalue weighted by Crippen LogP contribution is -2.27. The van der Waals surface area contributed by atoms with E-state index in [0.717, 1.165) is 29.7 Å². The monoisotopic (exact) mass is 508 g/mol. The van der Waals surface area contributed by atoms with Crippen LogP contribution in [0.4, 0.5) is 0 Å². The van der Waals surface area contributed by atoms with E-state index in [0.29, 0.717) is 26.1 Å². The summed E-state index contributed by atoms with van der Waals surface area (Å²) in [6.07, 6.45) is 5.42. The summed E-state index contributed by atoms with van der Waals surface area (Å²) in [5.74, 6) is 0.356. The highest BCUT2D eigenvalue weighted by molar-refractivity contribution is 5.68. The van der Waals surface area contributed by atoms with E-state index >= 15 is 0 Å². The van der Waals surface area contributed by atoms with Gasteiger partial charge in [0, 0.05) is 5.41 Å². The summed E-state index contributed by atoms with van der Waals surface area (Å²) in [5, 5.41) is 10.8. The molecule has 37 heavy (non-hydrogen) atoms. The number of benzene rings is 2. The van der Waals surface area contributed by atoms with Crippen molar-refractivity contribution in [2.75, 3.05) is 13.2 Å². The molecule has 1 saturated heterocycles. The van der Waals surface area contributed by atoms with Crippen LogP contribution in [0.1, 0.15) is 102 Å². The zero-order valence-electron chi connectivity index (χ0n) is 24.5. The van der Waals surface area contributed by atoms with Crippen LogP contribution in [0.5, 0.6) is 5.75 Å². The summed E-state index contributed by atoms with van der Waals surface area (Å²) in [4.78, 5) is 0. The molecule has 0 bridgehead atoms. The summed E-state index contributed by atoms with van der Waals surface area (Å²) >= 11 is 0. The quantitative estimate of drug-likeness (QED) is 0.335. The Hall–Kier alpha value is -2.14. The highest BCUT2D eigenvalue weighted by atomic mass is 16.7. The Bertz CT molecular complexity index is 1090. The first-order valence-corrected chi connectivity index (χ1v) is 14.0. The summed E-state index contributed by atoms with van der Waals surface area (Å²) in [6, 6.07) is 13.5. The van der Waals surface area contributed by atoms with E-state index in [1.54, 1.807) is 0 Å². The molecule has 1 fully saturated rings. The van der Waals surface area contributed by atoms with Crippen molar-refractivity contribution in [3.63, 3.8) is 0 Å². The number of allylic oxidation sites excluding steroid dienone is 1. The first-order valence-electron chi connectivity index (χ1n) is 14.0. The van der Waals surface area contributed by atoms with Crippen molar-refractivity contribution in [1.82, 2.24) is 0 Å². The molecular weight excluding hydrogens is 460 g/mol. The molecule has 0 amide bonds.